The molecule has 0 aromatic carbocycles. The molecule has 2 N–H and O–H groups in total. The van der Waals surface area contributed by atoms with E-state index in [2.05, 4.69) is 32.1 Å². The van der Waals surface area contributed by atoms with Gasteiger partial charge in [-0.05, 0) is 7.05 Å². The van der Waals surface area contributed by atoms with Crippen molar-refractivity contribution in [2.75, 3.05) is 46.3 Å². The van der Waals surface area contributed by atoms with Crippen molar-refractivity contribution in [1.82, 2.24) is 25.1 Å². The van der Waals surface area contributed by atoms with E-state index in [-0.39, 0.29) is 0 Å². The Morgan fingerprint density at radius 1 is 1.38 bits per heavy atom. The van der Waals surface area contributed by atoms with E-state index in [0.29, 0.717) is 0 Å². The van der Waals surface area contributed by atoms with Gasteiger partial charge in [0.1, 0.15) is 0 Å². The van der Waals surface area contributed by atoms with Crippen LogP contribution in [-0.4, -0.2) is 66.1 Å². The number of aromatic amines is 1. The second-order valence-electron chi connectivity index (χ2n) is 4.40. The van der Waals surface area contributed by atoms with Crippen molar-refractivity contribution < 1.29 is 0 Å². The molecule has 0 spiro atoms. The van der Waals surface area contributed by atoms with Gasteiger partial charge in [0.25, 0.3) is 0 Å². The molecule has 0 radical (unpaired) electrons. The third-order valence-corrected chi connectivity index (χ3v) is 3.07. The number of imidazole rings is 1. The van der Waals surface area contributed by atoms with Crippen molar-refractivity contribution in [1.29, 1.82) is 0 Å². The SMILES string of the molecule is CN1CCN(CCNCc2cnc[nH]2)CC1. The Kier molecular flexibility index (Phi) is 4.33. The minimum atomic E-state index is 0.883. The van der Waals surface area contributed by atoms with E-state index < -0.39 is 0 Å². The highest BCUT2D eigenvalue weighted by Crippen LogP contribution is 1.97. The number of nitrogens with zero attached hydrogens (tertiary/aromatic N) is 3. The molecule has 1 aliphatic heterocycles. The molecule has 0 bridgehead atoms. The summed E-state index contributed by atoms with van der Waals surface area (Å²) in [5.41, 5.74) is 1.15. The predicted octanol–water partition coefficient (Wildman–Crippen LogP) is -0.253. The molecule has 5 heteroatoms. The van der Waals surface area contributed by atoms with Gasteiger partial charge in [-0.3, -0.25) is 4.90 Å². The minimum Gasteiger partial charge on any atom is -0.347 e. The Bertz CT molecular complexity index is 277. The standard InChI is InChI=1S/C11H21N5/c1-15-4-6-16(7-5-15)3-2-12-8-11-9-13-10-14-11/h9-10,12H,2-8H2,1H3,(H,13,14). The molecule has 2 heterocycles. The molecule has 90 valence electrons. The first kappa shape index (κ1) is 11.6. The molecule has 0 unspecified atom stereocenters. The topological polar surface area (TPSA) is 47.2 Å². The summed E-state index contributed by atoms with van der Waals surface area (Å²) < 4.78 is 0. The molecular formula is C11H21N5. The molecule has 2 rings (SSSR count). The fraction of sp³-hybridized carbons (Fsp3) is 0.727. The highest BCUT2D eigenvalue weighted by molar-refractivity contribution is 4.92. The van der Waals surface area contributed by atoms with Crippen LogP contribution >= 0.6 is 0 Å². The number of hydrogen-bond donors (Lipinski definition) is 2. The summed E-state index contributed by atoms with van der Waals surface area (Å²) in [6.07, 6.45) is 3.58. The first-order valence-electron chi connectivity index (χ1n) is 5.93. The van der Waals surface area contributed by atoms with Gasteiger partial charge in [0.15, 0.2) is 0 Å². The van der Waals surface area contributed by atoms with Gasteiger partial charge in [-0.15, -0.1) is 0 Å². The van der Waals surface area contributed by atoms with Gasteiger partial charge in [-0.2, -0.15) is 0 Å². The molecule has 1 aliphatic rings. The van der Waals surface area contributed by atoms with E-state index in [4.69, 9.17) is 0 Å². The van der Waals surface area contributed by atoms with Crippen LogP contribution in [0.3, 0.4) is 0 Å². The zero-order valence-corrected chi connectivity index (χ0v) is 9.95. The van der Waals surface area contributed by atoms with Crippen molar-refractivity contribution in [2.24, 2.45) is 0 Å². The van der Waals surface area contributed by atoms with E-state index in [1.807, 2.05) is 6.20 Å². The molecule has 1 aromatic rings. The Hall–Kier alpha value is -0.910. The van der Waals surface area contributed by atoms with Crippen LogP contribution in [-0.2, 0) is 6.54 Å². The number of hydrogen-bond acceptors (Lipinski definition) is 4. The molecule has 5 nitrogen and oxygen atoms in total. The molecule has 0 aliphatic carbocycles. The van der Waals surface area contributed by atoms with Gasteiger partial charge in [-0.1, -0.05) is 0 Å². The van der Waals surface area contributed by atoms with Crippen molar-refractivity contribution in [3.8, 4) is 0 Å². The maximum Gasteiger partial charge on any atom is 0.0922 e. The number of H-pyrrole nitrogens is 1. The average molecular weight is 223 g/mol. The summed E-state index contributed by atoms with van der Waals surface area (Å²) in [5.74, 6) is 0. The van der Waals surface area contributed by atoms with Crippen LogP contribution in [0, 0.1) is 0 Å². The van der Waals surface area contributed by atoms with Crippen molar-refractivity contribution in [3.05, 3.63) is 18.2 Å². The first-order valence-corrected chi connectivity index (χ1v) is 5.93. The maximum absolute atomic E-state index is 3.99. The lowest BCUT2D eigenvalue weighted by Crippen LogP contribution is -2.46. The minimum absolute atomic E-state index is 0.883. The lowest BCUT2D eigenvalue weighted by Gasteiger charge is -2.32. The fourth-order valence-corrected chi connectivity index (χ4v) is 1.91. The Morgan fingerprint density at radius 3 is 2.88 bits per heavy atom. The fourth-order valence-electron chi connectivity index (χ4n) is 1.91. The van der Waals surface area contributed by atoms with Crippen molar-refractivity contribution >= 4 is 0 Å². The third kappa shape index (κ3) is 3.59. The largest absolute Gasteiger partial charge is 0.347 e. The van der Waals surface area contributed by atoms with Crippen LogP contribution in [0.15, 0.2) is 12.5 Å². The van der Waals surface area contributed by atoms with E-state index in [1.165, 1.54) is 26.2 Å². The van der Waals surface area contributed by atoms with Gasteiger partial charge in [0.05, 0.1) is 6.33 Å². The van der Waals surface area contributed by atoms with Crippen molar-refractivity contribution in [3.63, 3.8) is 0 Å². The number of nitrogens with one attached hydrogen (secondary N) is 2. The number of likely N-dealkylation sites (N-methyl/N-ethyl adjacent to an activating group) is 1. The number of aromatic nitrogens is 2. The summed E-state index contributed by atoms with van der Waals surface area (Å²) in [6, 6.07) is 0. The number of piperazine rings is 1. The van der Waals surface area contributed by atoms with Gasteiger partial charge in [-0.25, -0.2) is 4.98 Å². The van der Waals surface area contributed by atoms with Gasteiger partial charge in [0, 0.05) is 57.7 Å². The summed E-state index contributed by atoms with van der Waals surface area (Å²) >= 11 is 0. The number of rotatable bonds is 5. The summed E-state index contributed by atoms with van der Waals surface area (Å²) in [6.45, 7) is 7.85. The summed E-state index contributed by atoms with van der Waals surface area (Å²) in [4.78, 5) is 12.0. The van der Waals surface area contributed by atoms with Gasteiger partial charge >= 0.3 is 0 Å². The summed E-state index contributed by atoms with van der Waals surface area (Å²) in [7, 11) is 2.19. The lowest BCUT2D eigenvalue weighted by atomic mass is 10.3. The van der Waals surface area contributed by atoms with E-state index in [1.54, 1.807) is 6.33 Å². The highest BCUT2D eigenvalue weighted by Gasteiger charge is 2.12. The Labute approximate surface area is 96.8 Å². The average Bonchev–Trinajstić information content (AvgIpc) is 2.80. The normalized spacial score (nSPS) is 19.1. The molecule has 0 atom stereocenters. The lowest BCUT2D eigenvalue weighted by molar-refractivity contribution is 0.154. The van der Waals surface area contributed by atoms with Gasteiger partial charge < -0.3 is 15.2 Å². The Balaban J connectivity index is 1.55. The second-order valence-corrected chi connectivity index (χ2v) is 4.40. The molecular weight excluding hydrogens is 202 g/mol. The zero-order valence-electron chi connectivity index (χ0n) is 9.95. The molecule has 0 saturated carbocycles. The Morgan fingerprint density at radius 2 is 2.19 bits per heavy atom. The van der Waals surface area contributed by atoms with Crippen LogP contribution in [0.1, 0.15) is 5.69 Å². The molecule has 0 amide bonds. The molecule has 1 fully saturated rings. The van der Waals surface area contributed by atoms with Crippen LogP contribution in [0.5, 0.6) is 0 Å². The first-order chi connectivity index (χ1) is 7.84. The second kappa shape index (κ2) is 5.98. The van der Waals surface area contributed by atoms with Crippen LogP contribution in [0.4, 0.5) is 0 Å². The monoisotopic (exact) mass is 223 g/mol. The summed E-state index contributed by atoms with van der Waals surface area (Å²) in [5, 5.41) is 3.42. The highest BCUT2D eigenvalue weighted by atomic mass is 15.2. The predicted molar refractivity (Wildman–Crippen MR) is 64.2 cm³/mol. The smallest absolute Gasteiger partial charge is 0.0922 e. The van der Waals surface area contributed by atoms with Crippen LogP contribution in [0.2, 0.25) is 0 Å². The van der Waals surface area contributed by atoms with Crippen LogP contribution in [0.25, 0.3) is 0 Å². The molecule has 1 aromatic heterocycles. The molecule has 16 heavy (non-hydrogen) atoms. The van der Waals surface area contributed by atoms with E-state index in [9.17, 15) is 0 Å². The third-order valence-electron chi connectivity index (χ3n) is 3.07. The van der Waals surface area contributed by atoms with Crippen LogP contribution < -0.4 is 5.32 Å². The van der Waals surface area contributed by atoms with Gasteiger partial charge in [0.2, 0.25) is 0 Å². The van der Waals surface area contributed by atoms with E-state index in [0.717, 1.165) is 25.3 Å². The van der Waals surface area contributed by atoms with Crippen molar-refractivity contribution in [2.45, 2.75) is 6.54 Å². The quantitative estimate of drug-likeness (QED) is 0.676. The zero-order chi connectivity index (χ0) is 11.2. The molecule has 1 saturated heterocycles. The van der Waals surface area contributed by atoms with E-state index >= 15 is 0 Å². The maximum atomic E-state index is 3.99.